The average molecular weight is 312 g/mol. The summed E-state index contributed by atoms with van der Waals surface area (Å²) in [6.07, 6.45) is 3.45. The molecule has 0 saturated carbocycles. The molecule has 0 bridgehead atoms. The Kier molecular flexibility index (Phi) is 4.25. The van der Waals surface area contributed by atoms with E-state index in [-0.39, 0.29) is 11.7 Å². The number of benzene rings is 1. The molecular weight excluding hydrogens is 299 g/mol. The lowest BCUT2D eigenvalue weighted by atomic mass is 10.2. The zero-order chi connectivity index (χ0) is 15.4. The second kappa shape index (κ2) is 6.49. The fraction of sp³-hybridized carbons (Fsp3) is 0.0588. The quantitative estimate of drug-likeness (QED) is 0.794. The van der Waals surface area contributed by atoms with Crippen LogP contribution in [-0.4, -0.2) is 10.9 Å². The predicted octanol–water partition coefficient (Wildman–Crippen LogP) is 3.88. The maximum Gasteiger partial charge on any atom is 0.261 e. The smallest absolute Gasteiger partial charge is 0.261 e. The van der Waals surface area contributed by atoms with E-state index in [0.29, 0.717) is 11.4 Å². The van der Waals surface area contributed by atoms with E-state index < -0.39 is 0 Å². The van der Waals surface area contributed by atoms with Gasteiger partial charge in [0.05, 0.1) is 4.88 Å². The highest BCUT2D eigenvalue weighted by molar-refractivity contribution is 7.17. The number of carbonyl (C=O) groups excluding carboxylic acids is 1. The molecule has 0 fully saturated rings. The molecule has 2 aromatic heterocycles. The summed E-state index contributed by atoms with van der Waals surface area (Å²) in [5.74, 6) is -0.412. The molecular formula is C17H13FN2OS. The summed E-state index contributed by atoms with van der Waals surface area (Å²) in [4.78, 5) is 17.8. The van der Waals surface area contributed by atoms with Crippen molar-refractivity contribution in [2.75, 3.05) is 0 Å². The highest BCUT2D eigenvalue weighted by Crippen LogP contribution is 2.27. The van der Waals surface area contributed by atoms with E-state index in [9.17, 15) is 9.18 Å². The van der Waals surface area contributed by atoms with Crippen molar-refractivity contribution < 1.29 is 9.18 Å². The first-order valence-corrected chi connectivity index (χ1v) is 7.57. The van der Waals surface area contributed by atoms with Gasteiger partial charge in [-0.1, -0.05) is 12.1 Å². The number of nitrogens with zero attached hydrogens (tertiary/aromatic N) is 1. The van der Waals surface area contributed by atoms with Gasteiger partial charge in [-0.2, -0.15) is 0 Å². The summed E-state index contributed by atoms with van der Waals surface area (Å²) in [6, 6.07) is 13.6. The zero-order valence-electron chi connectivity index (χ0n) is 11.6. The van der Waals surface area contributed by atoms with Gasteiger partial charge in [0.2, 0.25) is 0 Å². The Bertz CT molecular complexity index is 769. The Morgan fingerprint density at radius 3 is 2.50 bits per heavy atom. The van der Waals surface area contributed by atoms with E-state index in [4.69, 9.17) is 0 Å². The number of carbonyl (C=O) groups is 1. The minimum Gasteiger partial charge on any atom is -0.347 e. The van der Waals surface area contributed by atoms with Crippen LogP contribution < -0.4 is 5.32 Å². The monoisotopic (exact) mass is 312 g/mol. The molecule has 5 heteroatoms. The Morgan fingerprint density at radius 1 is 1.05 bits per heavy atom. The van der Waals surface area contributed by atoms with Crippen molar-refractivity contribution in [3.63, 3.8) is 0 Å². The van der Waals surface area contributed by atoms with E-state index in [0.717, 1.165) is 16.0 Å². The first kappa shape index (κ1) is 14.4. The lowest BCUT2D eigenvalue weighted by Gasteiger charge is -2.03. The molecule has 0 atom stereocenters. The summed E-state index contributed by atoms with van der Waals surface area (Å²) >= 11 is 1.43. The van der Waals surface area contributed by atoms with Gasteiger partial charge in [-0.25, -0.2) is 4.39 Å². The van der Waals surface area contributed by atoms with Crippen LogP contribution in [0, 0.1) is 5.82 Å². The van der Waals surface area contributed by atoms with Crippen LogP contribution in [0.3, 0.4) is 0 Å². The van der Waals surface area contributed by atoms with E-state index in [1.54, 1.807) is 30.6 Å². The normalized spacial score (nSPS) is 10.4. The Labute approximate surface area is 131 Å². The van der Waals surface area contributed by atoms with Crippen molar-refractivity contribution in [1.82, 2.24) is 10.3 Å². The number of hydrogen-bond acceptors (Lipinski definition) is 3. The second-order valence-corrected chi connectivity index (χ2v) is 5.79. The van der Waals surface area contributed by atoms with E-state index >= 15 is 0 Å². The van der Waals surface area contributed by atoms with Gasteiger partial charge in [0.1, 0.15) is 5.82 Å². The summed E-state index contributed by atoms with van der Waals surface area (Å²) < 4.78 is 12.8. The van der Waals surface area contributed by atoms with Crippen LogP contribution in [0.2, 0.25) is 0 Å². The Hall–Kier alpha value is -2.53. The number of rotatable bonds is 4. The second-order valence-electron chi connectivity index (χ2n) is 4.71. The number of hydrogen-bond donors (Lipinski definition) is 1. The third-order valence-electron chi connectivity index (χ3n) is 3.16. The molecule has 1 N–H and O–H groups in total. The summed E-state index contributed by atoms with van der Waals surface area (Å²) in [6.45, 7) is 0.377. The van der Waals surface area contributed by atoms with Crippen LogP contribution in [0.25, 0.3) is 10.4 Å². The summed E-state index contributed by atoms with van der Waals surface area (Å²) in [5, 5.41) is 2.84. The molecule has 0 aliphatic heterocycles. The van der Waals surface area contributed by atoms with Crippen molar-refractivity contribution in [1.29, 1.82) is 0 Å². The molecule has 3 rings (SSSR count). The highest BCUT2D eigenvalue weighted by atomic mass is 32.1. The molecule has 0 unspecified atom stereocenters. The van der Waals surface area contributed by atoms with Crippen LogP contribution >= 0.6 is 11.3 Å². The number of thiophene rings is 1. The van der Waals surface area contributed by atoms with Crippen molar-refractivity contribution in [2.45, 2.75) is 6.54 Å². The molecule has 1 aromatic carbocycles. The van der Waals surface area contributed by atoms with E-state index in [2.05, 4.69) is 10.3 Å². The van der Waals surface area contributed by atoms with E-state index in [1.807, 2.05) is 18.2 Å². The van der Waals surface area contributed by atoms with Crippen molar-refractivity contribution >= 4 is 17.2 Å². The van der Waals surface area contributed by atoms with Gasteiger partial charge in [-0.15, -0.1) is 11.3 Å². The predicted molar refractivity (Wildman–Crippen MR) is 85.1 cm³/mol. The lowest BCUT2D eigenvalue weighted by molar-refractivity contribution is 0.0955. The SMILES string of the molecule is O=C(NCc1ccc(F)cc1)c1ccc(-c2ccncc2)s1. The third-order valence-corrected chi connectivity index (χ3v) is 4.29. The van der Waals surface area contributed by atoms with E-state index in [1.165, 1.54) is 23.5 Å². The maximum atomic E-state index is 12.8. The molecule has 0 aliphatic carbocycles. The first-order valence-electron chi connectivity index (χ1n) is 6.75. The minimum atomic E-state index is -0.282. The van der Waals surface area contributed by atoms with Gasteiger partial charge < -0.3 is 5.32 Å². The standard InChI is InChI=1S/C17H13FN2OS/c18-14-3-1-12(2-4-14)11-20-17(21)16-6-5-15(22-16)13-7-9-19-10-8-13/h1-10H,11H2,(H,20,21). The van der Waals surface area contributed by atoms with Gasteiger partial charge in [0.15, 0.2) is 0 Å². The van der Waals surface area contributed by atoms with Gasteiger partial charge in [-0.3, -0.25) is 9.78 Å². The number of nitrogens with one attached hydrogen (secondary N) is 1. The highest BCUT2D eigenvalue weighted by Gasteiger charge is 2.10. The van der Waals surface area contributed by atoms with Crippen molar-refractivity contribution in [3.05, 3.63) is 77.2 Å². The van der Waals surface area contributed by atoms with Gasteiger partial charge in [0.25, 0.3) is 5.91 Å². The van der Waals surface area contributed by atoms with Crippen molar-refractivity contribution in [2.24, 2.45) is 0 Å². The molecule has 3 nitrogen and oxygen atoms in total. The molecule has 3 aromatic rings. The van der Waals surface area contributed by atoms with Crippen LogP contribution in [0.1, 0.15) is 15.2 Å². The molecule has 22 heavy (non-hydrogen) atoms. The fourth-order valence-electron chi connectivity index (χ4n) is 2.00. The van der Waals surface area contributed by atoms with Crippen molar-refractivity contribution in [3.8, 4) is 10.4 Å². The van der Waals surface area contributed by atoms with Crippen LogP contribution in [0.15, 0.2) is 60.9 Å². The van der Waals surface area contributed by atoms with Crippen LogP contribution in [0.5, 0.6) is 0 Å². The molecule has 0 aliphatic rings. The molecule has 0 radical (unpaired) electrons. The largest absolute Gasteiger partial charge is 0.347 e. The van der Waals surface area contributed by atoms with Crippen LogP contribution in [-0.2, 0) is 6.54 Å². The first-order chi connectivity index (χ1) is 10.7. The number of halogens is 1. The molecule has 0 saturated heterocycles. The van der Waals surface area contributed by atoms with Crippen LogP contribution in [0.4, 0.5) is 4.39 Å². The maximum absolute atomic E-state index is 12.8. The summed E-state index contributed by atoms with van der Waals surface area (Å²) in [5.41, 5.74) is 1.90. The minimum absolute atomic E-state index is 0.130. The zero-order valence-corrected chi connectivity index (χ0v) is 12.4. The van der Waals surface area contributed by atoms with Gasteiger partial charge in [-0.05, 0) is 47.5 Å². The topological polar surface area (TPSA) is 42.0 Å². The fourth-order valence-corrected chi connectivity index (χ4v) is 2.93. The molecule has 1 amide bonds. The Balaban J connectivity index is 1.66. The summed E-state index contributed by atoms with van der Waals surface area (Å²) in [7, 11) is 0. The molecule has 2 heterocycles. The van der Waals surface area contributed by atoms with Gasteiger partial charge >= 0.3 is 0 Å². The number of pyridine rings is 1. The lowest BCUT2D eigenvalue weighted by Crippen LogP contribution is -2.21. The molecule has 0 spiro atoms. The third kappa shape index (κ3) is 3.38. The average Bonchev–Trinajstić information content (AvgIpc) is 3.05. The molecule has 110 valence electrons. The number of amides is 1. The number of aromatic nitrogens is 1. The Morgan fingerprint density at radius 2 is 1.77 bits per heavy atom. The van der Waals surface area contributed by atoms with Gasteiger partial charge in [0, 0.05) is 23.8 Å².